The third-order valence-electron chi connectivity index (χ3n) is 3.82. The summed E-state index contributed by atoms with van der Waals surface area (Å²) in [5.41, 5.74) is 8.40. The first kappa shape index (κ1) is 13.9. The molecule has 1 saturated heterocycles. The van der Waals surface area contributed by atoms with Crippen LogP contribution >= 0.6 is 0 Å². The average molecular weight is 261 g/mol. The first-order chi connectivity index (χ1) is 9.08. The van der Waals surface area contributed by atoms with E-state index in [-0.39, 0.29) is 5.91 Å². The second-order valence-electron chi connectivity index (χ2n) is 5.33. The number of anilines is 1. The number of hydrogen-bond donors (Lipinski definition) is 1. The predicted octanol–water partition coefficient (Wildman–Crippen LogP) is 1.59. The Hall–Kier alpha value is -1.55. The van der Waals surface area contributed by atoms with Crippen LogP contribution in [0, 0.1) is 0 Å². The molecule has 1 aromatic rings. The lowest BCUT2D eigenvalue weighted by Crippen LogP contribution is -2.40. The molecule has 19 heavy (non-hydrogen) atoms. The molecule has 0 atom stereocenters. The Labute approximate surface area is 115 Å². The number of hydrogen-bond acceptors (Lipinski definition) is 3. The minimum Gasteiger partial charge on any atom is -0.371 e. The number of carbonyl (C=O) groups is 1. The Kier molecular flexibility index (Phi) is 4.43. The molecule has 0 unspecified atom stereocenters. The summed E-state index contributed by atoms with van der Waals surface area (Å²) in [7, 11) is 1.84. The lowest BCUT2D eigenvalue weighted by Gasteiger charge is -2.34. The summed E-state index contributed by atoms with van der Waals surface area (Å²) in [4.78, 5) is 15.5. The van der Waals surface area contributed by atoms with Gasteiger partial charge in [0.25, 0.3) is 0 Å². The molecule has 1 aromatic carbocycles. The molecule has 1 aliphatic rings. The number of nitrogens with two attached hydrogens (primary N) is 1. The zero-order chi connectivity index (χ0) is 13.8. The van der Waals surface area contributed by atoms with Crippen molar-refractivity contribution in [2.45, 2.75) is 32.4 Å². The number of para-hydroxylation sites is 1. The summed E-state index contributed by atoms with van der Waals surface area (Å²) in [6.07, 6.45) is 2.08. The van der Waals surface area contributed by atoms with Gasteiger partial charge >= 0.3 is 0 Å². The zero-order valence-corrected chi connectivity index (χ0v) is 11.8. The summed E-state index contributed by atoms with van der Waals surface area (Å²) in [6, 6.07) is 8.66. The molecule has 0 aliphatic carbocycles. The van der Waals surface area contributed by atoms with Crippen molar-refractivity contribution in [1.82, 2.24) is 4.90 Å². The van der Waals surface area contributed by atoms with Gasteiger partial charge in [-0.25, -0.2) is 0 Å². The Balaban J connectivity index is 2.14. The first-order valence-electron chi connectivity index (χ1n) is 6.88. The van der Waals surface area contributed by atoms with Crippen molar-refractivity contribution in [3.05, 3.63) is 29.8 Å². The maximum absolute atomic E-state index is 11.4. The van der Waals surface area contributed by atoms with Crippen molar-refractivity contribution in [2.24, 2.45) is 5.73 Å². The van der Waals surface area contributed by atoms with Crippen molar-refractivity contribution in [3.63, 3.8) is 0 Å². The molecule has 1 heterocycles. The van der Waals surface area contributed by atoms with Crippen LogP contribution in [0.4, 0.5) is 5.69 Å². The van der Waals surface area contributed by atoms with E-state index in [1.807, 2.05) is 13.1 Å². The number of benzene rings is 1. The lowest BCUT2D eigenvalue weighted by molar-refractivity contribution is -0.128. The summed E-state index contributed by atoms with van der Waals surface area (Å²) in [6.45, 7) is 4.26. The number of piperidine rings is 1. The van der Waals surface area contributed by atoms with Gasteiger partial charge in [-0.3, -0.25) is 4.79 Å². The molecule has 4 heteroatoms. The minimum atomic E-state index is 0.0930. The van der Waals surface area contributed by atoms with Crippen LogP contribution in [0.3, 0.4) is 0 Å². The topological polar surface area (TPSA) is 49.6 Å². The van der Waals surface area contributed by atoms with Crippen LogP contribution in [0.2, 0.25) is 0 Å². The minimum absolute atomic E-state index is 0.0930. The summed E-state index contributed by atoms with van der Waals surface area (Å²) in [5, 5.41) is 0. The fourth-order valence-corrected chi connectivity index (χ4v) is 2.46. The van der Waals surface area contributed by atoms with Crippen molar-refractivity contribution in [1.29, 1.82) is 0 Å². The summed E-state index contributed by atoms with van der Waals surface area (Å²) < 4.78 is 0. The molecule has 4 nitrogen and oxygen atoms in total. The van der Waals surface area contributed by atoms with Gasteiger partial charge in [-0.05, 0) is 24.5 Å². The van der Waals surface area contributed by atoms with Crippen LogP contribution < -0.4 is 10.6 Å². The van der Waals surface area contributed by atoms with Crippen molar-refractivity contribution in [3.8, 4) is 0 Å². The highest BCUT2D eigenvalue weighted by molar-refractivity contribution is 5.73. The van der Waals surface area contributed by atoms with Gasteiger partial charge in [-0.15, -0.1) is 0 Å². The molecule has 0 radical (unpaired) electrons. The van der Waals surface area contributed by atoms with Crippen LogP contribution in [-0.2, 0) is 11.3 Å². The molecule has 0 bridgehead atoms. The monoisotopic (exact) mass is 261 g/mol. The molecule has 2 rings (SSSR count). The predicted molar refractivity (Wildman–Crippen MR) is 78.0 cm³/mol. The van der Waals surface area contributed by atoms with E-state index in [0.29, 0.717) is 12.6 Å². The van der Waals surface area contributed by atoms with Gasteiger partial charge in [-0.1, -0.05) is 18.2 Å². The quantitative estimate of drug-likeness (QED) is 0.899. The maximum atomic E-state index is 11.4. The van der Waals surface area contributed by atoms with E-state index in [9.17, 15) is 4.79 Å². The van der Waals surface area contributed by atoms with Crippen LogP contribution in [0.15, 0.2) is 24.3 Å². The highest BCUT2D eigenvalue weighted by atomic mass is 16.2. The Morgan fingerprint density at radius 3 is 2.63 bits per heavy atom. The fourth-order valence-electron chi connectivity index (χ4n) is 2.46. The largest absolute Gasteiger partial charge is 0.371 e. The summed E-state index contributed by atoms with van der Waals surface area (Å²) in [5.74, 6) is 0.0930. The van der Waals surface area contributed by atoms with Gasteiger partial charge in [-0.2, -0.15) is 0 Å². The summed E-state index contributed by atoms with van der Waals surface area (Å²) >= 11 is 0. The third-order valence-corrected chi connectivity index (χ3v) is 3.82. The first-order valence-corrected chi connectivity index (χ1v) is 6.88. The molecule has 2 N–H and O–H groups in total. The van der Waals surface area contributed by atoms with Gasteiger partial charge in [0.05, 0.1) is 0 Å². The van der Waals surface area contributed by atoms with E-state index in [2.05, 4.69) is 23.1 Å². The normalized spacial score (nSPS) is 16.5. The van der Waals surface area contributed by atoms with E-state index in [4.69, 9.17) is 5.73 Å². The van der Waals surface area contributed by atoms with Crippen LogP contribution in [0.25, 0.3) is 0 Å². The smallest absolute Gasteiger partial charge is 0.219 e. The van der Waals surface area contributed by atoms with Crippen LogP contribution in [-0.4, -0.2) is 37.0 Å². The zero-order valence-electron chi connectivity index (χ0n) is 11.8. The molecule has 0 aromatic heterocycles. The second-order valence-corrected chi connectivity index (χ2v) is 5.33. The number of nitrogens with zero attached hydrogens (tertiary/aromatic N) is 2. The van der Waals surface area contributed by atoms with E-state index in [0.717, 1.165) is 25.9 Å². The number of rotatable bonds is 3. The van der Waals surface area contributed by atoms with E-state index < -0.39 is 0 Å². The lowest BCUT2D eigenvalue weighted by atomic mass is 10.0. The Morgan fingerprint density at radius 1 is 1.37 bits per heavy atom. The van der Waals surface area contributed by atoms with Gasteiger partial charge in [0.1, 0.15) is 0 Å². The molecular weight excluding hydrogens is 238 g/mol. The van der Waals surface area contributed by atoms with Crippen molar-refractivity contribution >= 4 is 11.6 Å². The maximum Gasteiger partial charge on any atom is 0.219 e. The Bertz CT molecular complexity index is 439. The number of amides is 1. The molecule has 1 amide bonds. The van der Waals surface area contributed by atoms with Crippen LogP contribution in [0.5, 0.6) is 0 Å². The molecule has 1 aliphatic heterocycles. The molecular formula is C15H23N3O. The highest BCUT2D eigenvalue weighted by Crippen LogP contribution is 2.24. The van der Waals surface area contributed by atoms with Gasteiger partial charge in [0.2, 0.25) is 5.91 Å². The third kappa shape index (κ3) is 3.47. The average Bonchev–Trinajstić information content (AvgIpc) is 2.40. The highest BCUT2D eigenvalue weighted by Gasteiger charge is 2.18. The molecule has 0 spiro atoms. The van der Waals surface area contributed by atoms with Gasteiger partial charge in [0, 0.05) is 45.3 Å². The van der Waals surface area contributed by atoms with E-state index >= 15 is 0 Å². The number of carbonyl (C=O) groups excluding carboxylic acids is 1. The van der Waals surface area contributed by atoms with Crippen molar-refractivity contribution in [2.75, 3.05) is 25.0 Å². The molecule has 104 valence electrons. The second kappa shape index (κ2) is 6.06. The standard InChI is InChI=1S/C15H23N3O/c1-12(19)17(2)11-13-5-3-4-6-15(13)18-9-7-14(16)8-10-18/h3-6,14H,7-11,16H2,1-2H3. The molecule has 0 saturated carbocycles. The fraction of sp³-hybridized carbons (Fsp3) is 0.533. The van der Waals surface area contributed by atoms with Crippen LogP contribution in [0.1, 0.15) is 25.3 Å². The van der Waals surface area contributed by atoms with Gasteiger partial charge < -0.3 is 15.5 Å². The Morgan fingerprint density at radius 2 is 2.00 bits per heavy atom. The van der Waals surface area contributed by atoms with Crippen molar-refractivity contribution < 1.29 is 4.79 Å². The molecule has 1 fully saturated rings. The van der Waals surface area contributed by atoms with Gasteiger partial charge in [0.15, 0.2) is 0 Å². The van der Waals surface area contributed by atoms with E-state index in [1.54, 1.807) is 11.8 Å². The SMILES string of the molecule is CC(=O)N(C)Cc1ccccc1N1CCC(N)CC1. The van der Waals surface area contributed by atoms with E-state index in [1.165, 1.54) is 11.3 Å².